The van der Waals surface area contributed by atoms with E-state index in [1.807, 2.05) is 51.0 Å². The predicted molar refractivity (Wildman–Crippen MR) is 94.4 cm³/mol. The fourth-order valence-electron chi connectivity index (χ4n) is 2.28. The third-order valence-corrected chi connectivity index (χ3v) is 3.64. The molecule has 2 amide bonds. The lowest BCUT2D eigenvalue weighted by Gasteiger charge is -2.16. The molecule has 0 aliphatic rings. The maximum atomic E-state index is 12.0. The number of rotatable bonds is 5. The molecule has 0 saturated heterocycles. The number of aromatic nitrogens is 2. The summed E-state index contributed by atoms with van der Waals surface area (Å²) in [4.78, 5) is 14.0. The Labute approximate surface area is 141 Å². The Morgan fingerprint density at radius 1 is 1.39 bits per heavy atom. The van der Waals surface area contributed by atoms with Gasteiger partial charge in [-0.25, -0.2) is 4.79 Å². The van der Waals surface area contributed by atoms with Gasteiger partial charge in [0.05, 0.1) is 16.4 Å². The molecule has 0 saturated carbocycles. The first-order valence-corrected chi connectivity index (χ1v) is 7.78. The fourth-order valence-corrected chi connectivity index (χ4v) is 2.63. The van der Waals surface area contributed by atoms with Crippen molar-refractivity contribution in [1.82, 2.24) is 15.5 Å². The van der Waals surface area contributed by atoms with Crippen LogP contribution in [0.3, 0.4) is 0 Å². The molecule has 0 aliphatic carbocycles. The van der Waals surface area contributed by atoms with Gasteiger partial charge in [-0.3, -0.25) is 5.10 Å². The lowest BCUT2D eigenvalue weighted by Crippen LogP contribution is -2.37. The topological polar surface area (TPSA) is 73.1 Å². The van der Waals surface area contributed by atoms with Gasteiger partial charge in [0.2, 0.25) is 0 Å². The molecule has 1 heterocycles. The second-order valence-electron chi connectivity index (χ2n) is 5.81. The third kappa shape index (κ3) is 4.89. The minimum Gasteiger partial charge on any atom is -0.376 e. The van der Waals surface area contributed by atoms with Gasteiger partial charge >= 0.3 is 6.03 Å². The first-order valence-electron chi connectivity index (χ1n) is 7.40. The summed E-state index contributed by atoms with van der Waals surface area (Å²) >= 11 is 6.20. The highest BCUT2D eigenvalue weighted by molar-refractivity contribution is 6.33. The average molecular weight is 336 g/mol. The molecule has 0 unspecified atom stereocenters. The number of halogens is 1. The number of nitrogens with zero attached hydrogens (tertiary/aromatic N) is 2. The van der Waals surface area contributed by atoms with Crippen molar-refractivity contribution in [3.8, 4) is 0 Å². The maximum absolute atomic E-state index is 12.0. The van der Waals surface area contributed by atoms with Gasteiger partial charge in [0.1, 0.15) is 0 Å². The first-order chi connectivity index (χ1) is 10.8. The van der Waals surface area contributed by atoms with Gasteiger partial charge in [-0.15, -0.1) is 0 Å². The summed E-state index contributed by atoms with van der Waals surface area (Å²) in [5, 5.41) is 13.3. The molecule has 124 valence electrons. The predicted octanol–water partition coefficient (Wildman–Crippen LogP) is 3.19. The number of urea groups is 1. The SMILES string of the molecule is Cc1cc(C[C@H](C)NC(=O)Nc2ccc(N(C)C)c(Cl)c2)n[nH]1. The fraction of sp³-hybridized carbons (Fsp3) is 0.375. The minimum absolute atomic E-state index is 0.0331. The molecule has 2 aromatic rings. The number of benzene rings is 1. The molecule has 23 heavy (non-hydrogen) atoms. The van der Waals surface area contributed by atoms with Crippen molar-refractivity contribution in [3.05, 3.63) is 40.7 Å². The van der Waals surface area contributed by atoms with E-state index in [0.29, 0.717) is 17.1 Å². The van der Waals surface area contributed by atoms with E-state index in [1.165, 1.54) is 0 Å². The average Bonchev–Trinajstić information content (AvgIpc) is 2.83. The summed E-state index contributed by atoms with van der Waals surface area (Å²) in [5.41, 5.74) is 3.49. The first kappa shape index (κ1) is 17.1. The molecule has 3 N–H and O–H groups in total. The number of H-pyrrole nitrogens is 1. The Kier molecular flexibility index (Phi) is 5.50. The van der Waals surface area contributed by atoms with Crippen LogP contribution in [0.5, 0.6) is 0 Å². The highest BCUT2D eigenvalue weighted by Gasteiger charge is 2.11. The van der Waals surface area contributed by atoms with Crippen LogP contribution in [0, 0.1) is 6.92 Å². The summed E-state index contributed by atoms with van der Waals surface area (Å²) in [6.07, 6.45) is 0.665. The number of hydrogen-bond donors (Lipinski definition) is 3. The van der Waals surface area contributed by atoms with Crippen LogP contribution < -0.4 is 15.5 Å². The van der Waals surface area contributed by atoms with Gasteiger partial charge in [-0.2, -0.15) is 5.10 Å². The van der Waals surface area contributed by atoms with Crippen LogP contribution in [0.4, 0.5) is 16.2 Å². The number of aryl methyl sites for hydroxylation is 1. The van der Waals surface area contributed by atoms with E-state index in [1.54, 1.807) is 6.07 Å². The monoisotopic (exact) mass is 335 g/mol. The molecule has 0 spiro atoms. The van der Waals surface area contributed by atoms with Gasteiger partial charge in [0.25, 0.3) is 0 Å². The largest absolute Gasteiger partial charge is 0.376 e. The van der Waals surface area contributed by atoms with Crippen molar-refractivity contribution >= 4 is 29.0 Å². The third-order valence-electron chi connectivity index (χ3n) is 3.34. The van der Waals surface area contributed by atoms with Crippen LogP contribution >= 0.6 is 11.6 Å². The summed E-state index contributed by atoms with van der Waals surface area (Å²) in [5.74, 6) is 0. The Balaban J connectivity index is 1.90. The van der Waals surface area contributed by atoms with Crippen molar-refractivity contribution in [2.45, 2.75) is 26.3 Å². The molecular weight excluding hydrogens is 314 g/mol. The molecule has 1 aromatic heterocycles. The van der Waals surface area contributed by atoms with Crippen LogP contribution in [-0.4, -0.2) is 36.4 Å². The zero-order chi connectivity index (χ0) is 17.0. The number of anilines is 2. The Morgan fingerprint density at radius 3 is 2.70 bits per heavy atom. The van der Waals surface area contributed by atoms with E-state index >= 15 is 0 Å². The Bertz CT molecular complexity index is 683. The van der Waals surface area contributed by atoms with Crippen molar-refractivity contribution in [2.24, 2.45) is 0 Å². The minimum atomic E-state index is -0.265. The van der Waals surface area contributed by atoms with Crippen LogP contribution in [0.25, 0.3) is 0 Å². The quantitative estimate of drug-likeness (QED) is 0.785. The van der Waals surface area contributed by atoms with Crippen molar-refractivity contribution in [1.29, 1.82) is 0 Å². The zero-order valence-corrected chi connectivity index (χ0v) is 14.5. The van der Waals surface area contributed by atoms with E-state index in [-0.39, 0.29) is 12.1 Å². The number of nitrogens with one attached hydrogen (secondary N) is 3. The van der Waals surface area contributed by atoms with Crippen LogP contribution in [0.15, 0.2) is 24.3 Å². The normalized spacial score (nSPS) is 11.9. The Morgan fingerprint density at radius 2 is 2.13 bits per heavy atom. The van der Waals surface area contributed by atoms with Gasteiger partial charge in [-0.05, 0) is 38.1 Å². The number of aromatic amines is 1. The van der Waals surface area contributed by atoms with E-state index in [9.17, 15) is 4.79 Å². The summed E-state index contributed by atoms with van der Waals surface area (Å²) in [7, 11) is 3.83. The second-order valence-corrected chi connectivity index (χ2v) is 6.21. The van der Waals surface area contributed by atoms with Gasteiger partial charge in [0.15, 0.2) is 0 Å². The standard InChI is InChI=1S/C16H22ClN5O/c1-10(7-13-8-11(2)20-21-13)18-16(23)19-12-5-6-15(22(3)4)14(17)9-12/h5-6,8-10H,7H2,1-4H3,(H,20,21)(H2,18,19,23)/t10-/m0/s1. The van der Waals surface area contributed by atoms with Crippen LogP contribution in [0.1, 0.15) is 18.3 Å². The van der Waals surface area contributed by atoms with E-state index in [2.05, 4.69) is 20.8 Å². The Hall–Kier alpha value is -2.21. The molecule has 6 nitrogen and oxygen atoms in total. The highest BCUT2D eigenvalue weighted by Crippen LogP contribution is 2.27. The van der Waals surface area contributed by atoms with Crippen molar-refractivity contribution in [3.63, 3.8) is 0 Å². The van der Waals surface area contributed by atoms with Gasteiger partial charge in [0, 0.05) is 37.9 Å². The number of amides is 2. The summed E-state index contributed by atoms with van der Waals surface area (Å²) in [6.45, 7) is 3.88. The number of carbonyl (C=O) groups excluding carboxylic acids is 1. The second kappa shape index (κ2) is 7.37. The molecule has 1 aromatic carbocycles. The maximum Gasteiger partial charge on any atom is 0.319 e. The number of carbonyl (C=O) groups is 1. The van der Waals surface area contributed by atoms with Gasteiger partial charge < -0.3 is 15.5 Å². The molecule has 2 rings (SSSR count). The molecule has 0 aliphatic heterocycles. The molecule has 0 fully saturated rings. The van der Waals surface area contributed by atoms with Crippen LogP contribution in [0.2, 0.25) is 5.02 Å². The van der Waals surface area contributed by atoms with Crippen molar-refractivity contribution < 1.29 is 4.79 Å². The summed E-state index contributed by atoms with van der Waals surface area (Å²) in [6, 6.07) is 7.09. The zero-order valence-electron chi connectivity index (χ0n) is 13.8. The molecule has 0 radical (unpaired) electrons. The smallest absolute Gasteiger partial charge is 0.319 e. The van der Waals surface area contributed by atoms with Crippen LogP contribution in [-0.2, 0) is 6.42 Å². The van der Waals surface area contributed by atoms with E-state index in [0.717, 1.165) is 17.1 Å². The van der Waals surface area contributed by atoms with E-state index < -0.39 is 0 Å². The lowest BCUT2D eigenvalue weighted by atomic mass is 10.2. The molecule has 7 heteroatoms. The molecular formula is C16H22ClN5O. The van der Waals surface area contributed by atoms with Gasteiger partial charge in [-0.1, -0.05) is 11.6 Å². The molecule has 0 bridgehead atoms. The number of hydrogen-bond acceptors (Lipinski definition) is 3. The molecule has 1 atom stereocenters. The van der Waals surface area contributed by atoms with Crippen molar-refractivity contribution in [2.75, 3.05) is 24.3 Å². The summed E-state index contributed by atoms with van der Waals surface area (Å²) < 4.78 is 0. The lowest BCUT2D eigenvalue weighted by molar-refractivity contribution is 0.249. The van der Waals surface area contributed by atoms with E-state index in [4.69, 9.17) is 11.6 Å². The highest BCUT2D eigenvalue weighted by atomic mass is 35.5.